The molecule has 3 aromatic carbocycles. The van der Waals surface area contributed by atoms with E-state index in [0.29, 0.717) is 11.4 Å². The maximum atomic E-state index is 12.0. The number of amides is 1. The van der Waals surface area contributed by atoms with Gasteiger partial charge < -0.3 is 10.6 Å². The van der Waals surface area contributed by atoms with E-state index in [1.807, 2.05) is 42.5 Å². The Labute approximate surface area is 138 Å². The molecular formula is C18H15N3O3. The van der Waals surface area contributed by atoms with Crippen LogP contribution in [0.15, 0.2) is 66.7 Å². The highest BCUT2D eigenvalue weighted by Gasteiger charge is 2.07. The number of carbonyl (C=O) groups is 1. The van der Waals surface area contributed by atoms with Gasteiger partial charge in [0.05, 0.1) is 11.5 Å². The van der Waals surface area contributed by atoms with Crippen LogP contribution in [0, 0.1) is 10.1 Å². The number of nitrogens with one attached hydrogen (secondary N) is 2. The molecule has 0 heterocycles. The van der Waals surface area contributed by atoms with Crippen LogP contribution in [0.3, 0.4) is 0 Å². The second-order valence-electron chi connectivity index (χ2n) is 5.27. The highest BCUT2D eigenvalue weighted by Crippen LogP contribution is 2.19. The second-order valence-corrected chi connectivity index (χ2v) is 5.27. The third-order valence-electron chi connectivity index (χ3n) is 3.54. The number of fused-ring (bicyclic) bond motifs is 1. The van der Waals surface area contributed by atoms with Crippen LogP contribution in [0.2, 0.25) is 0 Å². The van der Waals surface area contributed by atoms with Crippen LogP contribution in [0.4, 0.5) is 17.1 Å². The molecule has 0 aliphatic heterocycles. The van der Waals surface area contributed by atoms with Crippen molar-refractivity contribution in [2.24, 2.45) is 0 Å². The smallest absolute Gasteiger partial charge is 0.271 e. The van der Waals surface area contributed by atoms with Gasteiger partial charge >= 0.3 is 0 Å². The monoisotopic (exact) mass is 321 g/mol. The Kier molecular flexibility index (Phi) is 4.38. The van der Waals surface area contributed by atoms with Crippen molar-refractivity contribution in [1.82, 2.24) is 0 Å². The number of nitro benzene ring substituents is 1. The van der Waals surface area contributed by atoms with Crippen LogP contribution in [-0.2, 0) is 4.79 Å². The highest BCUT2D eigenvalue weighted by molar-refractivity contribution is 5.96. The number of hydrogen-bond acceptors (Lipinski definition) is 4. The van der Waals surface area contributed by atoms with Gasteiger partial charge in [0, 0.05) is 23.5 Å². The van der Waals surface area contributed by atoms with Crippen molar-refractivity contribution in [1.29, 1.82) is 0 Å². The fourth-order valence-corrected chi connectivity index (χ4v) is 2.38. The molecule has 0 aliphatic carbocycles. The van der Waals surface area contributed by atoms with Gasteiger partial charge in [-0.25, -0.2) is 0 Å². The molecule has 0 spiro atoms. The quantitative estimate of drug-likeness (QED) is 0.553. The van der Waals surface area contributed by atoms with E-state index in [1.165, 1.54) is 12.1 Å². The maximum absolute atomic E-state index is 12.0. The molecule has 120 valence electrons. The summed E-state index contributed by atoms with van der Waals surface area (Å²) < 4.78 is 0. The first-order chi connectivity index (χ1) is 11.6. The summed E-state index contributed by atoms with van der Waals surface area (Å²) in [5, 5.41) is 18.6. The number of hydrogen-bond donors (Lipinski definition) is 2. The molecule has 6 heteroatoms. The van der Waals surface area contributed by atoms with E-state index in [4.69, 9.17) is 0 Å². The lowest BCUT2D eigenvalue weighted by Crippen LogP contribution is -2.21. The lowest BCUT2D eigenvalue weighted by molar-refractivity contribution is -0.384. The van der Waals surface area contributed by atoms with E-state index in [9.17, 15) is 14.9 Å². The van der Waals surface area contributed by atoms with Crippen molar-refractivity contribution in [3.8, 4) is 0 Å². The fraction of sp³-hybridized carbons (Fsp3) is 0.0556. The van der Waals surface area contributed by atoms with Crippen LogP contribution in [0.25, 0.3) is 10.8 Å². The van der Waals surface area contributed by atoms with Gasteiger partial charge in [-0.2, -0.15) is 0 Å². The standard InChI is InChI=1S/C18H15N3O3/c22-18(12-19-15-6-3-7-17(11-15)21(23)24)20-16-9-8-13-4-1-2-5-14(13)10-16/h1-11,19H,12H2,(H,20,22). The van der Waals surface area contributed by atoms with E-state index in [0.717, 1.165) is 10.8 Å². The number of benzene rings is 3. The van der Waals surface area contributed by atoms with Gasteiger partial charge in [-0.15, -0.1) is 0 Å². The van der Waals surface area contributed by atoms with Gasteiger partial charge in [0.2, 0.25) is 5.91 Å². The molecule has 1 amide bonds. The number of nitro groups is 1. The molecule has 2 N–H and O–H groups in total. The molecule has 0 aliphatic rings. The summed E-state index contributed by atoms with van der Waals surface area (Å²) in [6.07, 6.45) is 0. The molecule has 24 heavy (non-hydrogen) atoms. The molecule has 6 nitrogen and oxygen atoms in total. The summed E-state index contributed by atoms with van der Waals surface area (Å²) in [7, 11) is 0. The Bertz CT molecular complexity index is 909. The molecular weight excluding hydrogens is 306 g/mol. The van der Waals surface area contributed by atoms with E-state index >= 15 is 0 Å². The molecule has 0 aromatic heterocycles. The Balaban J connectivity index is 1.62. The van der Waals surface area contributed by atoms with Crippen molar-refractivity contribution >= 4 is 33.7 Å². The summed E-state index contributed by atoms with van der Waals surface area (Å²) in [5.74, 6) is -0.225. The third-order valence-corrected chi connectivity index (χ3v) is 3.54. The summed E-state index contributed by atoms with van der Waals surface area (Å²) >= 11 is 0. The summed E-state index contributed by atoms with van der Waals surface area (Å²) in [6, 6.07) is 19.6. The molecule has 3 aromatic rings. The Morgan fingerprint density at radius 1 is 0.917 bits per heavy atom. The van der Waals surface area contributed by atoms with Crippen LogP contribution >= 0.6 is 0 Å². The zero-order chi connectivity index (χ0) is 16.9. The Morgan fingerprint density at radius 2 is 1.71 bits per heavy atom. The van der Waals surface area contributed by atoms with Gasteiger partial charge in [-0.1, -0.05) is 36.4 Å². The SMILES string of the molecule is O=C(CNc1cccc([N+](=O)[O-])c1)Nc1ccc2ccccc2c1. The van der Waals surface area contributed by atoms with E-state index in [2.05, 4.69) is 10.6 Å². The molecule has 0 fully saturated rings. The number of rotatable bonds is 5. The number of anilines is 2. The van der Waals surface area contributed by atoms with Crippen LogP contribution in [0.1, 0.15) is 0 Å². The van der Waals surface area contributed by atoms with Crippen molar-refractivity contribution in [2.75, 3.05) is 17.2 Å². The maximum Gasteiger partial charge on any atom is 0.271 e. The molecule has 0 saturated heterocycles. The lowest BCUT2D eigenvalue weighted by atomic mass is 10.1. The van der Waals surface area contributed by atoms with Gasteiger partial charge in [0.1, 0.15) is 0 Å². The normalized spacial score (nSPS) is 10.3. The van der Waals surface area contributed by atoms with Crippen LogP contribution < -0.4 is 10.6 Å². The third kappa shape index (κ3) is 3.67. The first-order valence-corrected chi connectivity index (χ1v) is 7.39. The zero-order valence-electron chi connectivity index (χ0n) is 12.7. The second kappa shape index (κ2) is 6.78. The molecule has 3 rings (SSSR count). The van der Waals surface area contributed by atoms with Gasteiger partial charge in [-0.3, -0.25) is 14.9 Å². The zero-order valence-corrected chi connectivity index (χ0v) is 12.7. The minimum atomic E-state index is -0.472. The van der Waals surface area contributed by atoms with E-state index < -0.39 is 4.92 Å². The van der Waals surface area contributed by atoms with E-state index in [1.54, 1.807) is 12.1 Å². The largest absolute Gasteiger partial charge is 0.376 e. The van der Waals surface area contributed by atoms with Crippen LogP contribution in [0.5, 0.6) is 0 Å². The topological polar surface area (TPSA) is 84.3 Å². The first kappa shape index (κ1) is 15.5. The van der Waals surface area contributed by atoms with E-state index in [-0.39, 0.29) is 18.1 Å². The van der Waals surface area contributed by atoms with Crippen LogP contribution in [-0.4, -0.2) is 17.4 Å². The Morgan fingerprint density at radius 3 is 2.50 bits per heavy atom. The molecule has 0 saturated carbocycles. The van der Waals surface area contributed by atoms with Crippen molar-refractivity contribution in [3.05, 3.63) is 76.8 Å². The number of carbonyl (C=O) groups excluding carboxylic acids is 1. The van der Waals surface area contributed by atoms with Crippen molar-refractivity contribution in [3.63, 3.8) is 0 Å². The number of nitrogens with zero attached hydrogens (tertiary/aromatic N) is 1. The summed E-state index contributed by atoms with van der Waals surface area (Å²) in [6.45, 7) is 0.0218. The average molecular weight is 321 g/mol. The van der Waals surface area contributed by atoms with Gasteiger partial charge in [0.15, 0.2) is 0 Å². The summed E-state index contributed by atoms with van der Waals surface area (Å²) in [5.41, 5.74) is 1.22. The Hall–Kier alpha value is -3.41. The predicted octanol–water partition coefficient (Wildman–Crippen LogP) is 3.80. The molecule has 0 bridgehead atoms. The summed E-state index contributed by atoms with van der Waals surface area (Å²) in [4.78, 5) is 22.3. The first-order valence-electron chi connectivity index (χ1n) is 7.39. The minimum Gasteiger partial charge on any atom is -0.376 e. The van der Waals surface area contributed by atoms with Crippen molar-refractivity contribution < 1.29 is 9.72 Å². The average Bonchev–Trinajstić information content (AvgIpc) is 2.60. The van der Waals surface area contributed by atoms with Crippen molar-refractivity contribution in [2.45, 2.75) is 0 Å². The fourth-order valence-electron chi connectivity index (χ4n) is 2.38. The lowest BCUT2D eigenvalue weighted by Gasteiger charge is -2.08. The predicted molar refractivity (Wildman–Crippen MR) is 94.2 cm³/mol. The number of non-ortho nitro benzene ring substituents is 1. The minimum absolute atomic E-state index is 0.0186. The molecule has 0 unspecified atom stereocenters. The molecule has 0 radical (unpaired) electrons. The highest BCUT2D eigenvalue weighted by atomic mass is 16.6. The van der Waals surface area contributed by atoms with Gasteiger partial charge in [0.25, 0.3) is 5.69 Å². The molecule has 0 atom stereocenters. The van der Waals surface area contributed by atoms with Gasteiger partial charge in [-0.05, 0) is 29.0 Å².